The normalized spacial score (nSPS) is 24.3. The number of aryl methyl sites for hydroxylation is 1. The second-order valence-corrected chi connectivity index (χ2v) is 10.3. The van der Waals surface area contributed by atoms with Gasteiger partial charge in [0.25, 0.3) is 0 Å². The van der Waals surface area contributed by atoms with Crippen LogP contribution in [-0.2, 0) is 6.42 Å². The molecule has 8 nitrogen and oxygen atoms in total. The number of anilines is 1. The third-order valence-electron chi connectivity index (χ3n) is 8.09. The van der Waals surface area contributed by atoms with Gasteiger partial charge < -0.3 is 14.7 Å². The average Bonchev–Trinajstić information content (AvgIpc) is 3.25. The molecule has 0 bridgehead atoms. The molecule has 3 aliphatic rings. The molecule has 1 saturated carbocycles. The standard InChI is InChI=1S/C28H26N6O2/c29-12-18-8-19-2-1-3-25(27(19)31-13-18)36-23-5-4-20-14-32-34(24(20)10-23)22-6-7-30-26(9-22)33-15-21-11-28(21,16-33)17-35/h4-10,13-14,21,25,35H,1-3,11,15-17H2. The lowest BCUT2D eigenvalue weighted by Crippen LogP contribution is -2.26. The van der Waals surface area contributed by atoms with Gasteiger partial charge >= 0.3 is 0 Å². The molecule has 3 unspecified atom stereocenters. The van der Waals surface area contributed by atoms with Crippen molar-refractivity contribution >= 4 is 16.7 Å². The van der Waals surface area contributed by atoms with Crippen LogP contribution in [0.1, 0.15) is 42.2 Å². The maximum Gasteiger partial charge on any atom is 0.141 e. The van der Waals surface area contributed by atoms with Gasteiger partial charge in [0.1, 0.15) is 23.7 Å². The fourth-order valence-corrected chi connectivity index (χ4v) is 5.97. The zero-order valence-electron chi connectivity index (χ0n) is 19.8. The van der Waals surface area contributed by atoms with E-state index in [0.717, 1.165) is 78.2 Å². The van der Waals surface area contributed by atoms with Crippen LogP contribution in [0.2, 0.25) is 0 Å². The van der Waals surface area contributed by atoms with E-state index in [2.05, 4.69) is 32.1 Å². The maximum atomic E-state index is 9.79. The molecule has 1 aliphatic heterocycles. The molecule has 4 aromatic rings. The van der Waals surface area contributed by atoms with E-state index in [1.165, 1.54) is 0 Å². The maximum absolute atomic E-state index is 9.79. The fourth-order valence-electron chi connectivity index (χ4n) is 5.97. The van der Waals surface area contributed by atoms with Gasteiger partial charge in [0, 0.05) is 48.4 Å². The predicted octanol–water partition coefficient (Wildman–Crippen LogP) is 3.96. The number of nitriles is 1. The highest BCUT2D eigenvalue weighted by molar-refractivity contribution is 5.82. The molecule has 1 aromatic carbocycles. The summed E-state index contributed by atoms with van der Waals surface area (Å²) in [6.07, 6.45) is 9.12. The minimum atomic E-state index is -0.136. The number of nitrogens with zero attached hydrogens (tertiary/aromatic N) is 6. The van der Waals surface area contributed by atoms with Gasteiger partial charge in [-0.3, -0.25) is 4.98 Å². The highest BCUT2D eigenvalue weighted by Gasteiger charge is 2.59. The van der Waals surface area contributed by atoms with Gasteiger partial charge in [-0.05, 0) is 61.4 Å². The zero-order chi connectivity index (χ0) is 24.3. The molecule has 180 valence electrons. The molecule has 36 heavy (non-hydrogen) atoms. The molecule has 8 heteroatoms. The van der Waals surface area contributed by atoms with Crippen molar-refractivity contribution in [3.63, 3.8) is 0 Å². The molecule has 1 N–H and O–H groups in total. The highest BCUT2D eigenvalue weighted by Crippen LogP contribution is 2.57. The number of fused-ring (bicyclic) bond motifs is 3. The van der Waals surface area contributed by atoms with Gasteiger partial charge in [-0.1, -0.05) is 0 Å². The second-order valence-electron chi connectivity index (χ2n) is 10.3. The molecule has 3 aromatic heterocycles. The minimum Gasteiger partial charge on any atom is -0.484 e. The Kier molecular flexibility index (Phi) is 4.76. The monoisotopic (exact) mass is 478 g/mol. The van der Waals surface area contributed by atoms with Crippen LogP contribution in [0.4, 0.5) is 5.82 Å². The quantitative estimate of drug-likeness (QED) is 0.463. The summed E-state index contributed by atoms with van der Waals surface area (Å²) in [5, 5.41) is 24.7. The first kappa shape index (κ1) is 21.3. The largest absolute Gasteiger partial charge is 0.484 e. The van der Waals surface area contributed by atoms with Crippen LogP contribution in [-0.4, -0.2) is 44.6 Å². The van der Waals surface area contributed by atoms with Gasteiger partial charge in [-0.25, -0.2) is 9.67 Å². The third-order valence-corrected chi connectivity index (χ3v) is 8.09. The van der Waals surface area contributed by atoms with Crippen LogP contribution in [0, 0.1) is 22.7 Å². The predicted molar refractivity (Wildman–Crippen MR) is 134 cm³/mol. The first-order chi connectivity index (χ1) is 17.7. The van der Waals surface area contributed by atoms with Gasteiger partial charge in [-0.15, -0.1) is 0 Å². The third kappa shape index (κ3) is 3.42. The number of ether oxygens (including phenoxy) is 1. The van der Waals surface area contributed by atoms with Crippen molar-refractivity contribution in [1.29, 1.82) is 5.26 Å². The Balaban J connectivity index is 1.18. The number of benzene rings is 1. The Hall–Kier alpha value is -3.96. The first-order valence-corrected chi connectivity index (χ1v) is 12.5. The molecule has 4 heterocycles. The fraction of sp³-hybridized carbons (Fsp3) is 0.357. The van der Waals surface area contributed by atoms with Gasteiger partial charge in [0.15, 0.2) is 0 Å². The van der Waals surface area contributed by atoms with Crippen molar-refractivity contribution in [1.82, 2.24) is 19.7 Å². The van der Waals surface area contributed by atoms with Crippen LogP contribution in [0.3, 0.4) is 0 Å². The lowest BCUT2D eigenvalue weighted by molar-refractivity contribution is 0.178. The van der Waals surface area contributed by atoms with Crippen molar-refractivity contribution in [2.45, 2.75) is 31.8 Å². The minimum absolute atomic E-state index is 0.0745. The van der Waals surface area contributed by atoms with E-state index in [1.54, 1.807) is 6.20 Å². The summed E-state index contributed by atoms with van der Waals surface area (Å²) < 4.78 is 8.37. The number of hydrogen-bond acceptors (Lipinski definition) is 7. The number of piperidine rings is 1. The summed E-state index contributed by atoms with van der Waals surface area (Å²) in [7, 11) is 0. The van der Waals surface area contributed by atoms with Crippen molar-refractivity contribution in [3.05, 3.63) is 71.8 Å². The summed E-state index contributed by atoms with van der Waals surface area (Å²) >= 11 is 0. The van der Waals surface area contributed by atoms with E-state index in [0.29, 0.717) is 11.5 Å². The summed E-state index contributed by atoms with van der Waals surface area (Å²) in [4.78, 5) is 11.4. The Morgan fingerprint density at radius 2 is 2.11 bits per heavy atom. The van der Waals surface area contributed by atoms with E-state index in [1.807, 2.05) is 47.4 Å². The zero-order valence-corrected chi connectivity index (χ0v) is 19.8. The van der Waals surface area contributed by atoms with Crippen LogP contribution in [0.25, 0.3) is 16.6 Å². The number of aliphatic hydroxyl groups excluding tert-OH is 1. The molecular formula is C28H26N6O2. The summed E-state index contributed by atoms with van der Waals surface area (Å²) in [5.74, 6) is 2.27. The number of aliphatic hydroxyl groups is 1. The smallest absolute Gasteiger partial charge is 0.141 e. The van der Waals surface area contributed by atoms with Gasteiger partial charge in [0.05, 0.1) is 35.3 Å². The molecule has 0 amide bonds. The lowest BCUT2D eigenvalue weighted by atomic mass is 9.93. The van der Waals surface area contributed by atoms with Crippen molar-refractivity contribution in [2.75, 3.05) is 24.6 Å². The SMILES string of the molecule is N#Cc1cnc2c(c1)CCCC2Oc1ccc2cnn(-c3ccnc(N4CC5CC5(CO)C4)c3)c2c1. The van der Waals surface area contributed by atoms with Gasteiger partial charge in [0.2, 0.25) is 0 Å². The molecule has 2 fully saturated rings. The van der Waals surface area contributed by atoms with Crippen molar-refractivity contribution in [3.8, 4) is 17.5 Å². The van der Waals surface area contributed by atoms with Gasteiger partial charge in [-0.2, -0.15) is 10.4 Å². The molecule has 1 saturated heterocycles. The molecule has 3 atom stereocenters. The molecule has 0 radical (unpaired) electrons. The number of pyridine rings is 2. The summed E-state index contributed by atoms with van der Waals surface area (Å²) in [6, 6.07) is 14.2. The van der Waals surface area contributed by atoms with Crippen LogP contribution >= 0.6 is 0 Å². The van der Waals surface area contributed by atoms with Crippen LogP contribution in [0.5, 0.6) is 5.75 Å². The molecule has 0 spiro atoms. The molecular weight excluding hydrogens is 452 g/mol. The molecule has 7 rings (SSSR count). The summed E-state index contributed by atoms with van der Waals surface area (Å²) in [5.41, 5.74) is 4.60. The number of aromatic nitrogens is 4. The van der Waals surface area contributed by atoms with E-state index >= 15 is 0 Å². The van der Waals surface area contributed by atoms with E-state index in [4.69, 9.17) is 4.74 Å². The average molecular weight is 479 g/mol. The van der Waals surface area contributed by atoms with Crippen molar-refractivity contribution in [2.24, 2.45) is 11.3 Å². The van der Waals surface area contributed by atoms with E-state index < -0.39 is 0 Å². The second kappa shape index (κ2) is 8.04. The molecule has 2 aliphatic carbocycles. The van der Waals surface area contributed by atoms with Crippen LogP contribution < -0.4 is 9.64 Å². The Morgan fingerprint density at radius 3 is 2.97 bits per heavy atom. The highest BCUT2D eigenvalue weighted by atomic mass is 16.5. The van der Waals surface area contributed by atoms with Crippen molar-refractivity contribution < 1.29 is 9.84 Å². The Labute approximate surface area is 208 Å². The van der Waals surface area contributed by atoms with Crippen LogP contribution in [0.15, 0.2) is 55.0 Å². The Bertz CT molecular complexity index is 1520. The van der Waals surface area contributed by atoms with E-state index in [9.17, 15) is 10.4 Å². The number of rotatable bonds is 5. The Morgan fingerprint density at radius 1 is 1.17 bits per heavy atom. The van der Waals surface area contributed by atoms with E-state index in [-0.39, 0.29) is 18.1 Å². The summed E-state index contributed by atoms with van der Waals surface area (Å²) in [6.45, 7) is 2.05. The first-order valence-electron chi connectivity index (χ1n) is 12.5. The number of hydrogen-bond donors (Lipinski definition) is 1. The topological polar surface area (TPSA) is 100 Å². The lowest BCUT2D eigenvalue weighted by Gasteiger charge is -2.25.